The Hall–Kier alpha value is -2.35. The minimum Gasteiger partial charge on any atom is -0.473 e. The number of piperidine rings is 1. The predicted octanol–water partition coefficient (Wildman–Crippen LogP) is 2.44. The zero-order valence-electron chi connectivity index (χ0n) is 15.0. The molecule has 0 radical (unpaired) electrons. The number of ether oxygens (including phenoxy) is 2. The number of amides is 1. The molecule has 1 atom stereocenters. The summed E-state index contributed by atoms with van der Waals surface area (Å²) in [5, 5.41) is 0. The number of pyridine rings is 1. The van der Waals surface area contributed by atoms with Gasteiger partial charge in [-0.15, -0.1) is 0 Å². The van der Waals surface area contributed by atoms with E-state index in [1.807, 2.05) is 16.7 Å². The number of hydrogen-bond donors (Lipinski definition) is 0. The van der Waals surface area contributed by atoms with Crippen LogP contribution in [-0.4, -0.2) is 62.6 Å². The van der Waals surface area contributed by atoms with Crippen LogP contribution in [0.4, 0.5) is 0 Å². The van der Waals surface area contributed by atoms with E-state index in [-0.39, 0.29) is 18.1 Å². The van der Waals surface area contributed by atoms with E-state index in [9.17, 15) is 4.79 Å². The van der Waals surface area contributed by atoms with Gasteiger partial charge in [-0.1, -0.05) is 0 Å². The molecule has 0 aliphatic carbocycles. The molecular weight excluding hydrogens is 364 g/mol. The number of thioether (sulfide) groups is 1. The lowest BCUT2D eigenvalue weighted by Crippen LogP contribution is -2.42. The molecule has 0 N–H and O–H groups in total. The molecule has 0 saturated carbocycles. The van der Waals surface area contributed by atoms with Crippen molar-refractivity contribution in [3.05, 3.63) is 42.4 Å². The number of carbonyl (C=O) groups is 1. The van der Waals surface area contributed by atoms with Crippen LogP contribution in [0.15, 0.2) is 36.8 Å². The van der Waals surface area contributed by atoms with Gasteiger partial charge in [0.2, 0.25) is 5.88 Å². The molecule has 1 amide bonds. The maximum absolute atomic E-state index is 12.7. The molecule has 2 aliphatic rings. The molecule has 142 valence electrons. The highest BCUT2D eigenvalue weighted by Gasteiger charge is 2.25. The van der Waals surface area contributed by atoms with E-state index >= 15 is 0 Å². The number of nitrogens with zero attached hydrogens (tertiary/aromatic N) is 4. The maximum Gasteiger partial charge on any atom is 0.316 e. The van der Waals surface area contributed by atoms with Gasteiger partial charge in [0.25, 0.3) is 5.91 Å². The third-order valence-electron chi connectivity index (χ3n) is 4.70. The summed E-state index contributed by atoms with van der Waals surface area (Å²) in [6.07, 6.45) is 7.78. The van der Waals surface area contributed by atoms with Crippen molar-refractivity contribution in [2.45, 2.75) is 31.5 Å². The average molecular weight is 386 g/mol. The highest BCUT2D eigenvalue weighted by atomic mass is 32.2. The second-order valence-electron chi connectivity index (χ2n) is 6.63. The lowest BCUT2D eigenvalue weighted by atomic mass is 10.1. The summed E-state index contributed by atoms with van der Waals surface area (Å²) in [7, 11) is 0. The SMILES string of the molecule is O=C(c1ccc(O[C@@H]2CCSC2)nc1)N1CCC(Oc2ncccn2)CC1. The summed E-state index contributed by atoms with van der Waals surface area (Å²) in [5.41, 5.74) is 0.592. The van der Waals surface area contributed by atoms with Crippen LogP contribution in [0.5, 0.6) is 11.9 Å². The molecule has 7 nitrogen and oxygen atoms in total. The lowest BCUT2D eigenvalue weighted by Gasteiger charge is -2.31. The molecule has 8 heteroatoms. The van der Waals surface area contributed by atoms with Crippen LogP contribution in [0.2, 0.25) is 0 Å². The zero-order chi connectivity index (χ0) is 18.5. The molecule has 0 bridgehead atoms. The molecule has 4 heterocycles. The third-order valence-corrected chi connectivity index (χ3v) is 5.83. The van der Waals surface area contributed by atoms with Gasteiger partial charge in [0.05, 0.1) is 5.56 Å². The maximum atomic E-state index is 12.7. The first-order valence-corrected chi connectivity index (χ1v) is 10.4. The number of hydrogen-bond acceptors (Lipinski definition) is 7. The van der Waals surface area contributed by atoms with E-state index in [0.29, 0.717) is 30.5 Å². The van der Waals surface area contributed by atoms with Gasteiger partial charge < -0.3 is 14.4 Å². The van der Waals surface area contributed by atoms with E-state index in [0.717, 1.165) is 30.8 Å². The van der Waals surface area contributed by atoms with Gasteiger partial charge in [0.1, 0.15) is 12.2 Å². The highest BCUT2D eigenvalue weighted by Crippen LogP contribution is 2.22. The molecule has 0 unspecified atom stereocenters. The summed E-state index contributed by atoms with van der Waals surface area (Å²) in [5.74, 6) is 2.74. The van der Waals surface area contributed by atoms with Gasteiger partial charge in [-0.25, -0.2) is 15.0 Å². The average Bonchev–Trinajstić information content (AvgIpc) is 3.22. The Balaban J connectivity index is 1.28. The first-order valence-electron chi connectivity index (χ1n) is 9.21. The van der Waals surface area contributed by atoms with Crippen molar-refractivity contribution in [3.63, 3.8) is 0 Å². The Morgan fingerprint density at radius 2 is 1.85 bits per heavy atom. The van der Waals surface area contributed by atoms with Crippen molar-refractivity contribution < 1.29 is 14.3 Å². The summed E-state index contributed by atoms with van der Waals surface area (Å²) in [6, 6.07) is 5.74. The molecule has 2 aromatic rings. The fraction of sp³-hybridized carbons (Fsp3) is 0.474. The van der Waals surface area contributed by atoms with Gasteiger partial charge >= 0.3 is 6.01 Å². The standard InChI is InChI=1S/C19H22N4O3S/c24-18(14-2-3-17(22-12-14)25-16-6-11-27-13-16)23-9-4-15(5-10-23)26-19-20-7-1-8-21-19/h1-3,7-8,12,15-16H,4-6,9-11,13H2/t16-/m1/s1. The monoisotopic (exact) mass is 386 g/mol. The third kappa shape index (κ3) is 4.68. The molecule has 0 aromatic carbocycles. The summed E-state index contributed by atoms with van der Waals surface area (Å²) < 4.78 is 11.6. The number of likely N-dealkylation sites (tertiary alicyclic amines) is 1. The Kier molecular flexibility index (Phi) is 5.72. The molecule has 27 heavy (non-hydrogen) atoms. The summed E-state index contributed by atoms with van der Waals surface area (Å²) in [4.78, 5) is 27.0. The quantitative estimate of drug-likeness (QED) is 0.781. The molecule has 2 fully saturated rings. The Labute approximate surface area is 162 Å². The highest BCUT2D eigenvalue weighted by molar-refractivity contribution is 7.99. The Morgan fingerprint density at radius 1 is 1.04 bits per heavy atom. The Morgan fingerprint density at radius 3 is 2.52 bits per heavy atom. The predicted molar refractivity (Wildman–Crippen MR) is 102 cm³/mol. The largest absolute Gasteiger partial charge is 0.473 e. The van der Waals surface area contributed by atoms with Crippen LogP contribution in [0.3, 0.4) is 0 Å². The smallest absolute Gasteiger partial charge is 0.316 e. The normalized spacial score (nSPS) is 20.4. The summed E-state index contributed by atoms with van der Waals surface area (Å²) >= 11 is 1.90. The first kappa shape index (κ1) is 18.0. The van der Waals surface area contributed by atoms with E-state index in [2.05, 4.69) is 15.0 Å². The molecule has 2 aromatic heterocycles. The fourth-order valence-electron chi connectivity index (χ4n) is 3.21. The second kappa shape index (κ2) is 8.56. The minimum absolute atomic E-state index is 0.000108. The van der Waals surface area contributed by atoms with E-state index < -0.39 is 0 Å². The van der Waals surface area contributed by atoms with Crippen LogP contribution in [0.1, 0.15) is 29.6 Å². The van der Waals surface area contributed by atoms with Crippen LogP contribution >= 0.6 is 11.8 Å². The number of rotatable bonds is 5. The van der Waals surface area contributed by atoms with Gasteiger partial charge in [0.15, 0.2) is 0 Å². The Bertz CT molecular complexity index is 745. The van der Waals surface area contributed by atoms with E-state index in [1.54, 1.807) is 36.8 Å². The number of carbonyl (C=O) groups excluding carboxylic acids is 1. The zero-order valence-corrected chi connectivity index (χ0v) is 15.8. The molecule has 0 spiro atoms. The van der Waals surface area contributed by atoms with Gasteiger partial charge in [-0.3, -0.25) is 4.79 Å². The molecule has 2 saturated heterocycles. The molecular formula is C19H22N4O3S. The van der Waals surface area contributed by atoms with E-state index in [4.69, 9.17) is 9.47 Å². The van der Waals surface area contributed by atoms with Crippen molar-refractivity contribution in [2.24, 2.45) is 0 Å². The fourth-order valence-corrected chi connectivity index (χ4v) is 4.30. The minimum atomic E-state index is -0.000108. The van der Waals surface area contributed by atoms with Crippen molar-refractivity contribution in [1.29, 1.82) is 0 Å². The first-order chi connectivity index (χ1) is 13.3. The van der Waals surface area contributed by atoms with Gasteiger partial charge in [-0.05, 0) is 24.3 Å². The molecule has 4 rings (SSSR count). The van der Waals surface area contributed by atoms with Crippen molar-refractivity contribution >= 4 is 17.7 Å². The topological polar surface area (TPSA) is 77.4 Å². The van der Waals surface area contributed by atoms with Crippen LogP contribution < -0.4 is 9.47 Å². The lowest BCUT2D eigenvalue weighted by molar-refractivity contribution is 0.0578. The van der Waals surface area contributed by atoms with E-state index in [1.165, 1.54) is 0 Å². The van der Waals surface area contributed by atoms with Crippen LogP contribution in [0.25, 0.3) is 0 Å². The van der Waals surface area contributed by atoms with Crippen molar-refractivity contribution in [3.8, 4) is 11.9 Å². The second-order valence-corrected chi connectivity index (χ2v) is 7.78. The van der Waals surface area contributed by atoms with Crippen molar-refractivity contribution in [1.82, 2.24) is 19.9 Å². The van der Waals surface area contributed by atoms with Gasteiger partial charge in [-0.2, -0.15) is 11.8 Å². The number of aromatic nitrogens is 3. The van der Waals surface area contributed by atoms with Crippen LogP contribution in [-0.2, 0) is 0 Å². The van der Waals surface area contributed by atoms with Crippen molar-refractivity contribution in [2.75, 3.05) is 24.6 Å². The molecule has 2 aliphatic heterocycles. The van der Waals surface area contributed by atoms with Crippen LogP contribution in [0, 0.1) is 0 Å². The van der Waals surface area contributed by atoms with Gasteiger partial charge in [0, 0.05) is 56.3 Å². The summed E-state index contributed by atoms with van der Waals surface area (Å²) in [6.45, 7) is 1.29.